The number of imidazole rings is 1. The van der Waals surface area contributed by atoms with E-state index in [1.807, 2.05) is 0 Å². The number of aliphatic hydroxyl groups is 1. The third-order valence-electron chi connectivity index (χ3n) is 5.35. The molecule has 4 rings (SSSR count). The molecular weight excluding hydrogens is 333 g/mol. The number of halogens is 1. The zero-order valence-electron chi connectivity index (χ0n) is 15.0. The maximum absolute atomic E-state index is 12.9. The van der Waals surface area contributed by atoms with Crippen molar-refractivity contribution in [3.05, 3.63) is 47.3 Å². The van der Waals surface area contributed by atoms with E-state index in [2.05, 4.69) is 9.88 Å². The molecule has 1 aromatic heterocycles. The minimum absolute atomic E-state index is 0.198. The number of aromatic nitrogens is 2. The van der Waals surface area contributed by atoms with Crippen LogP contribution in [-0.4, -0.2) is 45.8 Å². The van der Waals surface area contributed by atoms with E-state index in [0.717, 1.165) is 38.1 Å². The number of nitrogens with zero attached hydrogens (tertiary/aromatic N) is 2. The van der Waals surface area contributed by atoms with E-state index >= 15 is 0 Å². The number of hydrogen-bond donors (Lipinski definition) is 2. The lowest BCUT2D eigenvalue weighted by Gasteiger charge is -2.25. The summed E-state index contributed by atoms with van der Waals surface area (Å²) in [6, 6.07) is 6.12. The minimum Gasteiger partial charge on any atom is -0.491 e. The fourth-order valence-corrected chi connectivity index (χ4v) is 4.03. The normalized spacial score (nSPS) is 21.5. The van der Waals surface area contributed by atoms with Gasteiger partial charge in [-0.05, 0) is 69.3 Å². The Kier molecular flexibility index (Phi) is 5.22. The van der Waals surface area contributed by atoms with Crippen molar-refractivity contribution in [3.8, 4) is 5.75 Å². The molecular formula is C20H26FN3O2. The summed E-state index contributed by atoms with van der Waals surface area (Å²) in [4.78, 5) is 10.7. The van der Waals surface area contributed by atoms with Crippen LogP contribution in [0.5, 0.6) is 5.75 Å². The monoisotopic (exact) mass is 359 g/mol. The highest BCUT2D eigenvalue weighted by Gasteiger charge is 2.31. The Bertz CT molecular complexity index is 708. The fourth-order valence-electron chi connectivity index (χ4n) is 4.03. The molecule has 6 heteroatoms. The van der Waals surface area contributed by atoms with Gasteiger partial charge in [0.05, 0.1) is 11.7 Å². The van der Waals surface area contributed by atoms with E-state index < -0.39 is 6.10 Å². The van der Waals surface area contributed by atoms with Gasteiger partial charge in [-0.2, -0.15) is 0 Å². The number of ether oxygens (including phenoxy) is 1. The smallest absolute Gasteiger partial charge is 0.124 e. The molecule has 1 aliphatic carbocycles. The number of H-pyrrole nitrogens is 1. The number of aliphatic hydroxyl groups excluding tert-OH is 1. The van der Waals surface area contributed by atoms with E-state index in [-0.39, 0.29) is 18.5 Å². The third kappa shape index (κ3) is 3.91. The number of aryl methyl sites for hydroxylation is 2. The number of β-amino-alcohol motifs (C(OH)–C–C–N with tert-alkyl or cyclic N) is 1. The Labute approximate surface area is 153 Å². The fraction of sp³-hybridized carbons (Fsp3) is 0.550. The van der Waals surface area contributed by atoms with Crippen LogP contribution in [0, 0.1) is 5.82 Å². The van der Waals surface area contributed by atoms with Crippen LogP contribution in [0.25, 0.3) is 0 Å². The van der Waals surface area contributed by atoms with Crippen molar-refractivity contribution in [2.45, 2.75) is 50.7 Å². The summed E-state index contributed by atoms with van der Waals surface area (Å²) in [5.74, 6) is 1.34. The molecule has 5 nitrogen and oxygen atoms in total. The van der Waals surface area contributed by atoms with E-state index in [1.165, 1.54) is 36.4 Å². The van der Waals surface area contributed by atoms with Gasteiger partial charge >= 0.3 is 0 Å². The molecule has 1 saturated heterocycles. The standard InChI is InChI=1S/C20H26FN3O2/c21-14-7-9-16(10-8-14)26-13-15(25)12-24-11-3-6-19(24)20-22-17-4-1-2-5-18(17)23-20/h7-10,15,19,25H,1-6,11-13H2,(H,22,23)/t15-,19+/m1/s1. The summed E-state index contributed by atoms with van der Waals surface area (Å²) >= 11 is 0. The predicted octanol–water partition coefficient (Wildman–Crippen LogP) is 3.00. The largest absolute Gasteiger partial charge is 0.491 e. The van der Waals surface area contributed by atoms with Crippen molar-refractivity contribution >= 4 is 0 Å². The average molecular weight is 359 g/mol. The Morgan fingerprint density at radius 1 is 1.23 bits per heavy atom. The molecule has 0 unspecified atom stereocenters. The first-order valence-corrected chi connectivity index (χ1v) is 9.57. The molecule has 2 N–H and O–H groups in total. The first kappa shape index (κ1) is 17.5. The Morgan fingerprint density at radius 2 is 2.04 bits per heavy atom. The van der Waals surface area contributed by atoms with Crippen LogP contribution in [0.2, 0.25) is 0 Å². The summed E-state index contributed by atoms with van der Waals surface area (Å²) in [7, 11) is 0. The lowest BCUT2D eigenvalue weighted by atomic mass is 10.0. The minimum atomic E-state index is -0.592. The highest BCUT2D eigenvalue weighted by molar-refractivity contribution is 5.22. The molecule has 1 aromatic carbocycles. The number of aromatic amines is 1. The molecule has 0 saturated carbocycles. The summed E-state index contributed by atoms with van der Waals surface area (Å²) in [6.45, 7) is 1.71. The molecule has 0 bridgehead atoms. The summed E-state index contributed by atoms with van der Waals surface area (Å²) in [5, 5.41) is 10.4. The van der Waals surface area contributed by atoms with Crippen LogP contribution >= 0.6 is 0 Å². The SMILES string of the molecule is O[C@@H](COc1ccc(F)cc1)CN1CCC[C@H]1c1nc2c([nH]1)CCCC2. The van der Waals surface area contributed by atoms with Crippen LogP contribution in [0.4, 0.5) is 4.39 Å². The van der Waals surface area contributed by atoms with Gasteiger partial charge in [0.2, 0.25) is 0 Å². The van der Waals surface area contributed by atoms with Crippen molar-refractivity contribution in [3.63, 3.8) is 0 Å². The number of benzene rings is 1. The Morgan fingerprint density at radius 3 is 2.85 bits per heavy atom. The van der Waals surface area contributed by atoms with Gasteiger partial charge in [-0.25, -0.2) is 9.37 Å². The lowest BCUT2D eigenvalue weighted by molar-refractivity contribution is 0.0628. The maximum atomic E-state index is 12.9. The van der Waals surface area contributed by atoms with Gasteiger partial charge in [0.1, 0.15) is 30.1 Å². The van der Waals surface area contributed by atoms with Gasteiger partial charge < -0.3 is 14.8 Å². The number of likely N-dealkylation sites (tertiary alicyclic amines) is 1. The summed E-state index contributed by atoms with van der Waals surface area (Å²) in [6.07, 6.45) is 6.23. The second-order valence-corrected chi connectivity index (χ2v) is 7.33. The molecule has 2 heterocycles. The molecule has 0 spiro atoms. The van der Waals surface area contributed by atoms with Crippen LogP contribution in [-0.2, 0) is 12.8 Å². The first-order valence-electron chi connectivity index (χ1n) is 9.57. The van der Waals surface area contributed by atoms with Crippen LogP contribution in [0.15, 0.2) is 24.3 Å². The first-order chi connectivity index (χ1) is 12.7. The van der Waals surface area contributed by atoms with Crippen molar-refractivity contribution in [2.75, 3.05) is 19.7 Å². The molecule has 2 atom stereocenters. The number of nitrogens with one attached hydrogen (secondary N) is 1. The highest BCUT2D eigenvalue weighted by Crippen LogP contribution is 2.32. The molecule has 2 aromatic rings. The van der Waals surface area contributed by atoms with Gasteiger partial charge in [0.25, 0.3) is 0 Å². The molecule has 1 aliphatic heterocycles. The Balaban J connectivity index is 1.34. The van der Waals surface area contributed by atoms with Gasteiger partial charge in [-0.15, -0.1) is 0 Å². The zero-order chi connectivity index (χ0) is 17.9. The second kappa shape index (κ2) is 7.76. The van der Waals surface area contributed by atoms with E-state index in [0.29, 0.717) is 12.3 Å². The van der Waals surface area contributed by atoms with Crippen LogP contribution in [0.1, 0.15) is 48.9 Å². The van der Waals surface area contributed by atoms with Crippen LogP contribution in [0.3, 0.4) is 0 Å². The zero-order valence-corrected chi connectivity index (χ0v) is 15.0. The maximum Gasteiger partial charge on any atom is 0.124 e. The molecule has 0 amide bonds. The van der Waals surface area contributed by atoms with Crippen molar-refractivity contribution in [2.24, 2.45) is 0 Å². The molecule has 0 radical (unpaired) electrons. The predicted molar refractivity (Wildman–Crippen MR) is 96.7 cm³/mol. The molecule has 1 fully saturated rings. The number of fused-ring (bicyclic) bond motifs is 1. The third-order valence-corrected chi connectivity index (χ3v) is 5.35. The van der Waals surface area contributed by atoms with Crippen molar-refractivity contribution < 1.29 is 14.2 Å². The second-order valence-electron chi connectivity index (χ2n) is 7.33. The van der Waals surface area contributed by atoms with E-state index in [9.17, 15) is 9.50 Å². The van der Waals surface area contributed by atoms with Gasteiger partial charge in [-0.3, -0.25) is 4.90 Å². The quantitative estimate of drug-likeness (QED) is 0.832. The molecule has 140 valence electrons. The van der Waals surface area contributed by atoms with Gasteiger partial charge in [-0.1, -0.05) is 0 Å². The lowest BCUT2D eigenvalue weighted by Crippen LogP contribution is -2.35. The number of hydrogen-bond acceptors (Lipinski definition) is 4. The topological polar surface area (TPSA) is 61.4 Å². The average Bonchev–Trinajstić information content (AvgIpc) is 3.27. The van der Waals surface area contributed by atoms with Gasteiger partial charge in [0, 0.05) is 12.2 Å². The summed E-state index contributed by atoms with van der Waals surface area (Å²) in [5.41, 5.74) is 2.54. The Hall–Kier alpha value is -1.92. The van der Waals surface area contributed by atoms with Crippen molar-refractivity contribution in [1.82, 2.24) is 14.9 Å². The van der Waals surface area contributed by atoms with Gasteiger partial charge in [0.15, 0.2) is 0 Å². The molecule has 26 heavy (non-hydrogen) atoms. The molecule has 2 aliphatic rings. The van der Waals surface area contributed by atoms with Crippen LogP contribution < -0.4 is 4.74 Å². The summed E-state index contributed by atoms with van der Waals surface area (Å²) < 4.78 is 18.5. The van der Waals surface area contributed by atoms with Crippen molar-refractivity contribution in [1.29, 1.82) is 0 Å². The van der Waals surface area contributed by atoms with E-state index in [1.54, 1.807) is 12.1 Å². The highest BCUT2D eigenvalue weighted by atomic mass is 19.1. The van der Waals surface area contributed by atoms with E-state index in [4.69, 9.17) is 9.72 Å². The number of rotatable bonds is 6.